The van der Waals surface area contributed by atoms with Crippen LogP contribution in [0.4, 0.5) is 0 Å². The molecular formula is C16H24N4. The van der Waals surface area contributed by atoms with Crippen molar-refractivity contribution in [2.45, 2.75) is 38.1 Å². The molecule has 20 heavy (non-hydrogen) atoms. The Balaban J connectivity index is 1.53. The molecule has 0 radical (unpaired) electrons. The first-order valence-corrected chi connectivity index (χ1v) is 8.04. The molecule has 0 aromatic rings. The minimum absolute atomic E-state index is 0.0379. The van der Waals surface area contributed by atoms with Crippen LogP contribution < -0.4 is 0 Å². The fraction of sp³-hybridized carbons (Fsp3) is 0.875. The number of nitrogens with zero attached hydrogens (tertiary/aromatic N) is 4. The highest BCUT2D eigenvalue weighted by Gasteiger charge is 2.47. The molecule has 4 atom stereocenters. The zero-order chi connectivity index (χ0) is 13.9. The van der Waals surface area contributed by atoms with Crippen molar-refractivity contribution >= 4 is 0 Å². The van der Waals surface area contributed by atoms with Crippen molar-refractivity contribution in [3.8, 4) is 12.1 Å². The minimum Gasteiger partial charge on any atom is -0.301 e. The Labute approximate surface area is 122 Å². The molecule has 3 rings (SSSR count). The molecule has 4 nitrogen and oxygen atoms in total. The van der Waals surface area contributed by atoms with Gasteiger partial charge in [0.2, 0.25) is 0 Å². The van der Waals surface area contributed by atoms with Crippen LogP contribution in [-0.4, -0.2) is 48.6 Å². The number of fused-ring (bicyclic) bond motifs is 3. The van der Waals surface area contributed by atoms with Gasteiger partial charge in [0.15, 0.2) is 0 Å². The molecule has 3 aliphatic heterocycles. The van der Waals surface area contributed by atoms with Gasteiger partial charge in [-0.1, -0.05) is 6.42 Å². The highest BCUT2D eigenvalue weighted by atomic mass is 15.3. The second kappa shape index (κ2) is 6.12. The summed E-state index contributed by atoms with van der Waals surface area (Å²) < 4.78 is 0. The normalized spacial score (nSPS) is 35.0. The van der Waals surface area contributed by atoms with Crippen LogP contribution >= 0.6 is 0 Å². The summed E-state index contributed by atoms with van der Waals surface area (Å²) in [7, 11) is 0. The van der Waals surface area contributed by atoms with Gasteiger partial charge in [-0.15, -0.1) is 0 Å². The maximum Gasteiger partial charge on any atom is 0.0669 e. The van der Waals surface area contributed by atoms with Gasteiger partial charge in [0.1, 0.15) is 0 Å². The third-order valence-electron chi connectivity index (χ3n) is 5.46. The fourth-order valence-corrected chi connectivity index (χ4v) is 4.54. The Kier molecular flexibility index (Phi) is 4.24. The average molecular weight is 272 g/mol. The van der Waals surface area contributed by atoms with Crippen LogP contribution in [-0.2, 0) is 0 Å². The van der Waals surface area contributed by atoms with E-state index >= 15 is 0 Å². The highest BCUT2D eigenvalue weighted by molar-refractivity contribution is 5.01. The molecule has 0 saturated carbocycles. The zero-order valence-corrected chi connectivity index (χ0v) is 12.2. The second-order valence-corrected chi connectivity index (χ2v) is 6.72. The van der Waals surface area contributed by atoms with Crippen LogP contribution in [0.25, 0.3) is 0 Å². The van der Waals surface area contributed by atoms with Crippen LogP contribution in [0.5, 0.6) is 0 Å². The molecule has 0 spiro atoms. The summed E-state index contributed by atoms with van der Waals surface area (Å²) >= 11 is 0. The highest BCUT2D eigenvalue weighted by Crippen LogP contribution is 2.40. The van der Waals surface area contributed by atoms with Gasteiger partial charge in [0.05, 0.1) is 18.1 Å². The molecular weight excluding hydrogens is 248 g/mol. The predicted molar refractivity (Wildman–Crippen MR) is 76.6 cm³/mol. The van der Waals surface area contributed by atoms with Gasteiger partial charge in [-0.05, 0) is 37.6 Å². The zero-order valence-electron chi connectivity index (χ0n) is 12.2. The predicted octanol–water partition coefficient (Wildman–Crippen LogP) is 1.85. The van der Waals surface area contributed by atoms with Gasteiger partial charge in [0, 0.05) is 38.6 Å². The molecule has 0 aromatic heterocycles. The van der Waals surface area contributed by atoms with Crippen LogP contribution in [0.3, 0.4) is 0 Å². The summed E-state index contributed by atoms with van der Waals surface area (Å²) in [6.07, 6.45) is 5.40. The summed E-state index contributed by atoms with van der Waals surface area (Å²) in [5.41, 5.74) is 0. The third-order valence-corrected chi connectivity index (χ3v) is 5.46. The summed E-state index contributed by atoms with van der Waals surface area (Å²) in [4.78, 5) is 5.21. The molecule has 3 fully saturated rings. The lowest BCUT2D eigenvalue weighted by Crippen LogP contribution is -2.40. The molecule has 0 amide bonds. The standard InChI is InChI=1S/C16H24N4/c17-6-3-4-13(8-18)9-19-10-14-11-20-7-2-1-5-16(20)15(14)12-19/h13-16H,1-5,7,9-12H2/t13-,14+,15-,16-/m0/s1. The van der Waals surface area contributed by atoms with Crippen LogP contribution in [0.2, 0.25) is 0 Å². The molecule has 0 aromatic carbocycles. The first kappa shape index (κ1) is 13.9. The Morgan fingerprint density at radius 2 is 2.05 bits per heavy atom. The topological polar surface area (TPSA) is 54.1 Å². The van der Waals surface area contributed by atoms with Crippen LogP contribution in [0, 0.1) is 40.4 Å². The second-order valence-electron chi connectivity index (χ2n) is 6.72. The van der Waals surface area contributed by atoms with Gasteiger partial charge in [-0.25, -0.2) is 0 Å². The van der Waals surface area contributed by atoms with E-state index in [9.17, 15) is 5.26 Å². The van der Waals surface area contributed by atoms with Gasteiger partial charge >= 0.3 is 0 Å². The van der Waals surface area contributed by atoms with Crippen molar-refractivity contribution in [1.82, 2.24) is 9.80 Å². The number of likely N-dealkylation sites (tertiary alicyclic amines) is 1. The Morgan fingerprint density at radius 3 is 2.85 bits per heavy atom. The van der Waals surface area contributed by atoms with E-state index in [2.05, 4.69) is 21.9 Å². The Morgan fingerprint density at radius 1 is 1.15 bits per heavy atom. The van der Waals surface area contributed by atoms with E-state index in [0.717, 1.165) is 30.8 Å². The van der Waals surface area contributed by atoms with E-state index in [1.54, 1.807) is 0 Å². The first-order valence-electron chi connectivity index (χ1n) is 8.04. The lowest BCUT2D eigenvalue weighted by molar-refractivity contribution is 0.151. The van der Waals surface area contributed by atoms with Gasteiger partial charge in [0.25, 0.3) is 0 Å². The number of piperidine rings is 1. The average Bonchev–Trinajstić information content (AvgIpc) is 3.00. The van der Waals surface area contributed by atoms with Crippen molar-refractivity contribution in [2.24, 2.45) is 17.8 Å². The van der Waals surface area contributed by atoms with Crippen molar-refractivity contribution < 1.29 is 0 Å². The maximum absolute atomic E-state index is 9.21. The first-order chi connectivity index (χ1) is 9.81. The summed E-state index contributed by atoms with van der Waals surface area (Å²) in [6, 6.07) is 5.36. The molecule has 0 N–H and O–H groups in total. The number of nitriles is 2. The summed E-state index contributed by atoms with van der Waals surface area (Å²) in [6.45, 7) is 5.80. The molecule has 3 heterocycles. The quantitative estimate of drug-likeness (QED) is 0.783. The maximum atomic E-state index is 9.21. The Hall–Kier alpha value is -1.10. The summed E-state index contributed by atoms with van der Waals surface area (Å²) in [5.74, 6) is 1.70. The van der Waals surface area contributed by atoms with Gasteiger partial charge in [-0.3, -0.25) is 4.90 Å². The molecule has 4 heteroatoms. The van der Waals surface area contributed by atoms with E-state index in [-0.39, 0.29) is 5.92 Å². The smallest absolute Gasteiger partial charge is 0.0669 e. The Bertz CT molecular complexity index is 421. The lowest BCUT2D eigenvalue weighted by atomic mass is 9.90. The fourth-order valence-electron chi connectivity index (χ4n) is 4.54. The molecule has 0 unspecified atom stereocenters. The van der Waals surface area contributed by atoms with Crippen LogP contribution in [0.1, 0.15) is 32.1 Å². The SMILES string of the molecule is N#CCC[C@@H](C#N)CN1C[C@@H]2CN3CCCC[C@H]3[C@H]2C1. The van der Waals surface area contributed by atoms with E-state index < -0.39 is 0 Å². The molecule has 0 aliphatic carbocycles. The number of hydrogen-bond donors (Lipinski definition) is 0. The van der Waals surface area contributed by atoms with Gasteiger partial charge < -0.3 is 4.90 Å². The van der Waals surface area contributed by atoms with Crippen molar-refractivity contribution in [1.29, 1.82) is 10.5 Å². The summed E-state index contributed by atoms with van der Waals surface area (Å²) in [5, 5.41) is 17.9. The molecule has 3 saturated heterocycles. The minimum atomic E-state index is 0.0379. The number of rotatable bonds is 4. The van der Waals surface area contributed by atoms with Crippen molar-refractivity contribution in [3.05, 3.63) is 0 Å². The van der Waals surface area contributed by atoms with Crippen molar-refractivity contribution in [3.63, 3.8) is 0 Å². The van der Waals surface area contributed by atoms with E-state index in [0.29, 0.717) is 6.42 Å². The largest absolute Gasteiger partial charge is 0.301 e. The molecule has 108 valence electrons. The molecule has 3 aliphatic rings. The monoisotopic (exact) mass is 272 g/mol. The van der Waals surface area contributed by atoms with Gasteiger partial charge in [-0.2, -0.15) is 10.5 Å². The van der Waals surface area contributed by atoms with E-state index in [4.69, 9.17) is 5.26 Å². The van der Waals surface area contributed by atoms with E-state index in [1.807, 2.05) is 0 Å². The third kappa shape index (κ3) is 2.68. The van der Waals surface area contributed by atoms with E-state index in [1.165, 1.54) is 45.4 Å². The number of hydrogen-bond acceptors (Lipinski definition) is 4. The molecule has 0 bridgehead atoms. The van der Waals surface area contributed by atoms with Crippen molar-refractivity contribution in [2.75, 3.05) is 32.7 Å². The lowest BCUT2D eigenvalue weighted by Gasteiger charge is -2.33. The van der Waals surface area contributed by atoms with Crippen LogP contribution in [0.15, 0.2) is 0 Å².